The molecule has 1 fully saturated rings. The van der Waals surface area contributed by atoms with Gasteiger partial charge in [0.05, 0.1) is 12.2 Å². The first-order valence-corrected chi connectivity index (χ1v) is 11.0. The lowest BCUT2D eigenvalue weighted by molar-refractivity contribution is 0.207. The third-order valence-corrected chi connectivity index (χ3v) is 6.69. The van der Waals surface area contributed by atoms with Crippen molar-refractivity contribution in [1.29, 1.82) is 0 Å². The topological polar surface area (TPSA) is 86.4 Å². The largest absolute Gasteiger partial charge is 0.335 e. The fourth-order valence-corrected chi connectivity index (χ4v) is 4.85. The van der Waals surface area contributed by atoms with E-state index in [2.05, 4.69) is 27.9 Å². The maximum absolute atomic E-state index is 12.7. The molecule has 1 aromatic carbocycles. The molecule has 1 aromatic heterocycles. The lowest BCUT2D eigenvalue weighted by atomic mass is 10.1. The Balaban J connectivity index is 1.35. The van der Waals surface area contributed by atoms with Crippen molar-refractivity contribution in [2.75, 3.05) is 17.2 Å². The second-order valence-electron chi connectivity index (χ2n) is 7.87. The summed E-state index contributed by atoms with van der Waals surface area (Å²) in [7, 11) is 0. The first-order valence-electron chi connectivity index (χ1n) is 10.2. The van der Waals surface area contributed by atoms with Crippen LogP contribution in [0.15, 0.2) is 18.2 Å². The van der Waals surface area contributed by atoms with E-state index in [4.69, 9.17) is 0 Å². The van der Waals surface area contributed by atoms with E-state index in [-0.39, 0.29) is 18.1 Å². The maximum atomic E-state index is 12.7. The molecule has 0 saturated heterocycles. The van der Waals surface area contributed by atoms with Gasteiger partial charge in [-0.15, -0.1) is 0 Å². The molecule has 3 N–H and O–H groups in total. The van der Waals surface area contributed by atoms with Crippen LogP contribution in [0.25, 0.3) is 0 Å². The van der Waals surface area contributed by atoms with Crippen molar-refractivity contribution in [3.05, 3.63) is 39.9 Å². The molecule has 154 valence electrons. The van der Waals surface area contributed by atoms with Gasteiger partial charge in [-0.3, -0.25) is 5.32 Å². The van der Waals surface area contributed by atoms with Crippen LogP contribution in [0.3, 0.4) is 0 Å². The second-order valence-corrected chi connectivity index (χ2v) is 8.95. The first-order chi connectivity index (χ1) is 14.0. The minimum Gasteiger partial charge on any atom is -0.335 e. The number of nitrogens with one attached hydrogen (secondary N) is 3. The maximum Gasteiger partial charge on any atom is 0.322 e. The standard InChI is InChI=1S/C21H27N5O2S/c1-13-7-8-16(11-14(13)2)23-21(28)26-10-9-17-18(12-26)29-20(24-17)25-19(27)22-15-5-3-4-6-15/h7-8,11,15H,3-6,9-10,12H2,1-2H3,(H,23,28)(H2,22,24,25,27). The zero-order valence-corrected chi connectivity index (χ0v) is 17.7. The van der Waals surface area contributed by atoms with Crippen molar-refractivity contribution >= 4 is 34.2 Å². The summed E-state index contributed by atoms with van der Waals surface area (Å²) in [5, 5.41) is 9.45. The summed E-state index contributed by atoms with van der Waals surface area (Å²) in [6.07, 6.45) is 5.14. The van der Waals surface area contributed by atoms with Crippen molar-refractivity contribution in [2.45, 2.75) is 58.5 Å². The number of fused-ring (bicyclic) bond motifs is 1. The Morgan fingerprint density at radius 2 is 1.93 bits per heavy atom. The molecule has 7 nitrogen and oxygen atoms in total. The van der Waals surface area contributed by atoms with E-state index in [1.54, 1.807) is 4.90 Å². The minimum absolute atomic E-state index is 0.110. The average Bonchev–Trinajstić information content (AvgIpc) is 3.33. The number of rotatable bonds is 3. The van der Waals surface area contributed by atoms with E-state index in [1.165, 1.54) is 29.7 Å². The number of urea groups is 2. The summed E-state index contributed by atoms with van der Waals surface area (Å²) in [6.45, 7) is 5.21. The number of thiazole rings is 1. The van der Waals surface area contributed by atoms with Gasteiger partial charge in [-0.1, -0.05) is 30.2 Å². The third kappa shape index (κ3) is 4.70. The van der Waals surface area contributed by atoms with E-state index in [1.807, 2.05) is 25.1 Å². The Bertz CT molecular complexity index is 920. The Morgan fingerprint density at radius 1 is 1.14 bits per heavy atom. The quantitative estimate of drug-likeness (QED) is 0.696. The number of aryl methyl sites for hydroxylation is 2. The van der Waals surface area contributed by atoms with Crippen LogP contribution in [0.4, 0.5) is 20.4 Å². The zero-order chi connectivity index (χ0) is 20.4. The van der Waals surface area contributed by atoms with Gasteiger partial charge in [-0.25, -0.2) is 14.6 Å². The average molecular weight is 414 g/mol. The number of benzene rings is 1. The van der Waals surface area contributed by atoms with Gasteiger partial charge in [-0.2, -0.15) is 0 Å². The fourth-order valence-electron chi connectivity index (χ4n) is 3.83. The molecule has 0 atom stereocenters. The fraction of sp³-hybridized carbons (Fsp3) is 0.476. The van der Waals surface area contributed by atoms with Crippen LogP contribution in [-0.4, -0.2) is 34.5 Å². The SMILES string of the molecule is Cc1ccc(NC(=O)N2CCc3nc(NC(=O)NC4CCCC4)sc3C2)cc1C. The minimum atomic E-state index is -0.188. The van der Waals surface area contributed by atoms with Crippen LogP contribution in [0.2, 0.25) is 0 Å². The van der Waals surface area contributed by atoms with E-state index >= 15 is 0 Å². The predicted octanol–water partition coefficient (Wildman–Crippen LogP) is 4.41. The van der Waals surface area contributed by atoms with Crippen LogP contribution in [0, 0.1) is 13.8 Å². The summed E-state index contributed by atoms with van der Waals surface area (Å²) in [5.74, 6) is 0. The molecule has 29 heavy (non-hydrogen) atoms. The number of anilines is 2. The van der Waals surface area contributed by atoms with Gasteiger partial charge in [0, 0.05) is 29.6 Å². The highest BCUT2D eigenvalue weighted by atomic mass is 32.1. The number of amides is 4. The molecule has 2 aliphatic rings. The molecule has 1 aliphatic carbocycles. The molecular formula is C21H27N5O2S. The molecule has 0 spiro atoms. The lowest BCUT2D eigenvalue weighted by Gasteiger charge is -2.26. The lowest BCUT2D eigenvalue weighted by Crippen LogP contribution is -2.38. The Hall–Kier alpha value is -2.61. The van der Waals surface area contributed by atoms with Gasteiger partial charge in [0.25, 0.3) is 0 Å². The van der Waals surface area contributed by atoms with Crippen LogP contribution >= 0.6 is 11.3 Å². The number of aromatic nitrogens is 1. The molecule has 4 amide bonds. The number of hydrogen-bond donors (Lipinski definition) is 3. The molecule has 4 rings (SSSR count). The molecular weight excluding hydrogens is 386 g/mol. The summed E-state index contributed by atoms with van der Waals surface area (Å²) in [6, 6.07) is 5.90. The molecule has 0 bridgehead atoms. The van der Waals surface area contributed by atoms with Crippen molar-refractivity contribution in [1.82, 2.24) is 15.2 Å². The Labute approximate surface area is 174 Å². The Kier molecular flexibility index (Phi) is 5.71. The predicted molar refractivity (Wildman–Crippen MR) is 116 cm³/mol. The summed E-state index contributed by atoms with van der Waals surface area (Å²) < 4.78 is 0. The highest BCUT2D eigenvalue weighted by Crippen LogP contribution is 2.29. The van der Waals surface area contributed by atoms with Crippen molar-refractivity contribution in [3.63, 3.8) is 0 Å². The number of carbonyl (C=O) groups is 2. The normalized spacial score (nSPS) is 16.4. The third-order valence-electron chi connectivity index (χ3n) is 5.69. The summed E-state index contributed by atoms with van der Waals surface area (Å²) in [4.78, 5) is 32.2. The highest BCUT2D eigenvalue weighted by Gasteiger charge is 2.25. The molecule has 1 aliphatic heterocycles. The Morgan fingerprint density at radius 3 is 2.69 bits per heavy atom. The van der Waals surface area contributed by atoms with Gasteiger partial charge in [-0.05, 0) is 49.9 Å². The molecule has 2 heterocycles. The summed E-state index contributed by atoms with van der Waals surface area (Å²) in [5.41, 5.74) is 4.13. The smallest absolute Gasteiger partial charge is 0.322 e. The summed E-state index contributed by atoms with van der Waals surface area (Å²) >= 11 is 1.45. The molecule has 0 unspecified atom stereocenters. The van der Waals surface area contributed by atoms with E-state index in [0.29, 0.717) is 24.6 Å². The number of carbonyl (C=O) groups excluding carboxylic acids is 2. The zero-order valence-electron chi connectivity index (χ0n) is 16.9. The van der Waals surface area contributed by atoms with Crippen LogP contribution in [0.5, 0.6) is 0 Å². The van der Waals surface area contributed by atoms with Crippen LogP contribution in [-0.2, 0) is 13.0 Å². The molecule has 0 radical (unpaired) electrons. The highest BCUT2D eigenvalue weighted by molar-refractivity contribution is 7.15. The van der Waals surface area contributed by atoms with E-state index in [9.17, 15) is 9.59 Å². The van der Waals surface area contributed by atoms with E-state index in [0.717, 1.165) is 34.7 Å². The van der Waals surface area contributed by atoms with Gasteiger partial charge >= 0.3 is 12.1 Å². The van der Waals surface area contributed by atoms with Crippen molar-refractivity contribution in [3.8, 4) is 0 Å². The van der Waals surface area contributed by atoms with Gasteiger partial charge in [0.1, 0.15) is 0 Å². The van der Waals surface area contributed by atoms with Gasteiger partial charge in [0.15, 0.2) is 5.13 Å². The van der Waals surface area contributed by atoms with Crippen LogP contribution in [0.1, 0.15) is 47.4 Å². The van der Waals surface area contributed by atoms with Gasteiger partial charge in [0.2, 0.25) is 0 Å². The van der Waals surface area contributed by atoms with Gasteiger partial charge < -0.3 is 15.5 Å². The van der Waals surface area contributed by atoms with Crippen molar-refractivity contribution < 1.29 is 9.59 Å². The molecule has 2 aromatic rings. The monoisotopic (exact) mass is 413 g/mol. The van der Waals surface area contributed by atoms with Crippen LogP contribution < -0.4 is 16.0 Å². The molecule has 1 saturated carbocycles. The first kappa shape index (κ1) is 19.7. The second kappa shape index (κ2) is 8.41. The molecule has 8 heteroatoms. The van der Waals surface area contributed by atoms with Crippen molar-refractivity contribution in [2.24, 2.45) is 0 Å². The van der Waals surface area contributed by atoms with E-state index < -0.39 is 0 Å². The number of hydrogen-bond acceptors (Lipinski definition) is 4. The number of nitrogens with zero attached hydrogens (tertiary/aromatic N) is 2.